The maximum Gasteiger partial charge on any atom is 0.355 e. The molecule has 2 aromatic rings. The third-order valence-corrected chi connectivity index (χ3v) is 6.14. The molecule has 2 N–H and O–H groups in total. The van der Waals surface area contributed by atoms with Gasteiger partial charge in [0.15, 0.2) is 0 Å². The van der Waals surface area contributed by atoms with E-state index < -0.39 is 29.5 Å². The van der Waals surface area contributed by atoms with Crippen LogP contribution in [0.2, 0.25) is 0 Å². The Morgan fingerprint density at radius 2 is 1.79 bits per heavy atom. The van der Waals surface area contributed by atoms with Gasteiger partial charge in [0, 0.05) is 24.2 Å². The third kappa shape index (κ3) is 4.77. The van der Waals surface area contributed by atoms with E-state index in [0.717, 1.165) is 12.1 Å². The molecular formula is C26H33N3O5. The van der Waals surface area contributed by atoms with Crippen molar-refractivity contribution in [3.63, 3.8) is 0 Å². The summed E-state index contributed by atoms with van der Waals surface area (Å²) in [5.74, 6) is -2.56. The molecule has 1 aromatic carbocycles. The summed E-state index contributed by atoms with van der Waals surface area (Å²) < 4.78 is 5.08. The van der Waals surface area contributed by atoms with Crippen LogP contribution in [-0.4, -0.2) is 61.3 Å². The number of nitrogens with one attached hydrogen (secondary N) is 2. The molecular weight excluding hydrogens is 434 g/mol. The number of hydrogen-bond donors (Lipinski definition) is 2. The number of hydrogen-bond acceptors (Lipinski definition) is 5. The first-order valence-electron chi connectivity index (χ1n) is 11.6. The van der Waals surface area contributed by atoms with Gasteiger partial charge in [-0.25, -0.2) is 4.79 Å². The van der Waals surface area contributed by atoms with E-state index >= 15 is 0 Å². The zero-order valence-corrected chi connectivity index (χ0v) is 20.7. The molecule has 1 fully saturated rings. The van der Waals surface area contributed by atoms with Gasteiger partial charge in [-0.05, 0) is 44.4 Å². The molecule has 0 aliphatic carbocycles. The molecule has 1 aromatic heterocycles. The summed E-state index contributed by atoms with van der Waals surface area (Å²) >= 11 is 0. The summed E-state index contributed by atoms with van der Waals surface area (Å²) in [6.45, 7) is 8.35. The molecule has 1 aliphatic heterocycles. The molecule has 182 valence electrons. The average molecular weight is 468 g/mol. The molecule has 1 atom stereocenters. The standard InChI is InChI=1S/C26H33N3O5/c1-7-34-26(33)21-16(3)19(17(4)27-21)23(30)20-22(18-11-9-15(2)10-12-18)29(25(32)24(20)31)14-8-13-28(5)6/h9-12,22,27,30H,7-8,13-14H2,1-6H3. The van der Waals surface area contributed by atoms with Gasteiger partial charge in [0.05, 0.1) is 33.3 Å². The number of rotatable bonds is 8. The van der Waals surface area contributed by atoms with Gasteiger partial charge in [-0.15, -0.1) is 0 Å². The minimum absolute atomic E-state index is 0.0772. The van der Waals surface area contributed by atoms with E-state index in [1.54, 1.807) is 20.8 Å². The Hall–Kier alpha value is -3.39. The molecule has 8 nitrogen and oxygen atoms in total. The van der Waals surface area contributed by atoms with Crippen molar-refractivity contribution in [1.29, 1.82) is 0 Å². The molecule has 0 spiro atoms. The molecule has 34 heavy (non-hydrogen) atoms. The number of ketones is 1. The van der Waals surface area contributed by atoms with Gasteiger partial charge in [-0.3, -0.25) is 9.59 Å². The van der Waals surface area contributed by atoms with Crippen molar-refractivity contribution in [2.24, 2.45) is 0 Å². The maximum absolute atomic E-state index is 13.8. The first-order valence-corrected chi connectivity index (χ1v) is 11.6. The highest BCUT2D eigenvalue weighted by Gasteiger charge is 2.44. The average Bonchev–Trinajstić information content (AvgIpc) is 3.21. The highest BCUT2D eigenvalue weighted by atomic mass is 16.5. The van der Waals surface area contributed by atoms with E-state index in [-0.39, 0.29) is 23.4 Å². The van der Waals surface area contributed by atoms with Gasteiger partial charge in [-0.1, -0.05) is 35.6 Å². The lowest BCUT2D eigenvalue weighted by Crippen LogP contribution is -3.05. The number of aryl methyl sites for hydroxylation is 2. The molecule has 8 heteroatoms. The summed E-state index contributed by atoms with van der Waals surface area (Å²) in [4.78, 5) is 44.2. The highest BCUT2D eigenvalue weighted by molar-refractivity contribution is 6.46. The quantitative estimate of drug-likeness (QED) is 0.259. The lowest BCUT2D eigenvalue weighted by atomic mass is 9.93. The number of aromatic nitrogens is 1. The van der Waals surface area contributed by atoms with E-state index in [0.29, 0.717) is 29.8 Å². The van der Waals surface area contributed by atoms with Crippen molar-refractivity contribution in [2.75, 3.05) is 33.8 Å². The van der Waals surface area contributed by atoms with Crippen molar-refractivity contribution in [2.45, 2.75) is 40.2 Å². The lowest BCUT2D eigenvalue weighted by Gasteiger charge is -2.28. The van der Waals surface area contributed by atoms with E-state index in [1.165, 1.54) is 9.80 Å². The fourth-order valence-corrected chi connectivity index (χ4v) is 4.43. The number of esters is 1. The number of aromatic amines is 1. The number of carbonyl (C=O) groups excluding carboxylic acids is 3. The van der Waals surface area contributed by atoms with Crippen LogP contribution in [-0.2, 0) is 14.3 Å². The Kier molecular flexibility index (Phi) is 7.61. The largest absolute Gasteiger partial charge is 0.872 e. The summed E-state index contributed by atoms with van der Waals surface area (Å²) in [5.41, 5.74) is 2.94. The normalized spacial score (nSPS) is 17.6. The molecule has 1 saturated heterocycles. The Morgan fingerprint density at radius 1 is 1.15 bits per heavy atom. The minimum atomic E-state index is -0.787. The van der Waals surface area contributed by atoms with Crippen LogP contribution in [0.25, 0.3) is 5.76 Å². The zero-order chi connectivity index (χ0) is 25.2. The molecule has 0 saturated carbocycles. The first kappa shape index (κ1) is 25.2. The van der Waals surface area contributed by atoms with Gasteiger partial charge < -0.3 is 24.6 Å². The molecule has 1 amide bonds. The number of benzene rings is 1. The number of carbonyl (C=O) groups is 3. The minimum Gasteiger partial charge on any atom is -0.872 e. The van der Waals surface area contributed by atoms with Gasteiger partial charge in [-0.2, -0.15) is 0 Å². The summed E-state index contributed by atoms with van der Waals surface area (Å²) in [6, 6.07) is 6.73. The smallest absolute Gasteiger partial charge is 0.355 e. The number of likely N-dealkylation sites (tertiary alicyclic amines) is 1. The maximum atomic E-state index is 13.8. The Labute approximate surface area is 200 Å². The third-order valence-electron chi connectivity index (χ3n) is 6.14. The number of Topliss-reactive ketones (excluding diaryl/α,β-unsaturated/α-hetero) is 1. The molecule has 0 bridgehead atoms. The van der Waals surface area contributed by atoms with Crippen LogP contribution in [0.15, 0.2) is 29.8 Å². The molecule has 1 aliphatic rings. The second kappa shape index (κ2) is 10.3. The van der Waals surface area contributed by atoms with E-state index in [9.17, 15) is 19.5 Å². The predicted octanol–water partition coefficient (Wildman–Crippen LogP) is 0.875. The van der Waals surface area contributed by atoms with E-state index in [1.807, 2.05) is 45.3 Å². The zero-order valence-electron chi connectivity index (χ0n) is 20.7. The first-order chi connectivity index (χ1) is 16.1. The SMILES string of the molecule is CCOC(=O)c1[nH]c(C)c(C([O-])=C2C(=O)C(=O)N(CCC[NH+](C)C)C2c2ccc(C)cc2)c1C. The monoisotopic (exact) mass is 467 g/mol. The van der Waals surface area contributed by atoms with Crippen molar-refractivity contribution < 1.29 is 29.1 Å². The number of amides is 1. The van der Waals surface area contributed by atoms with Gasteiger partial charge in [0.1, 0.15) is 5.69 Å². The lowest BCUT2D eigenvalue weighted by molar-refractivity contribution is -0.858. The van der Waals surface area contributed by atoms with Crippen LogP contribution in [0.1, 0.15) is 57.8 Å². The summed E-state index contributed by atoms with van der Waals surface area (Å²) in [6.07, 6.45) is 0.695. The van der Waals surface area contributed by atoms with Crippen LogP contribution in [0.3, 0.4) is 0 Å². The van der Waals surface area contributed by atoms with E-state index in [4.69, 9.17) is 4.74 Å². The predicted molar refractivity (Wildman–Crippen MR) is 126 cm³/mol. The van der Waals surface area contributed by atoms with Gasteiger partial charge in [0.25, 0.3) is 5.91 Å². The fourth-order valence-electron chi connectivity index (χ4n) is 4.43. The van der Waals surface area contributed by atoms with Crippen LogP contribution < -0.4 is 10.0 Å². The topological polar surface area (TPSA) is 107 Å². The van der Waals surface area contributed by atoms with Crippen molar-refractivity contribution >= 4 is 23.4 Å². The Bertz CT molecular complexity index is 1130. The molecule has 0 radical (unpaired) electrons. The second-order valence-electron chi connectivity index (χ2n) is 9.04. The molecule has 2 heterocycles. The fraction of sp³-hybridized carbons (Fsp3) is 0.423. The summed E-state index contributed by atoms with van der Waals surface area (Å²) in [7, 11) is 4.04. The molecule has 3 rings (SSSR count). The van der Waals surface area contributed by atoms with Crippen LogP contribution in [0.5, 0.6) is 0 Å². The van der Waals surface area contributed by atoms with E-state index in [2.05, 4.69) is 4.98 Å². The van der Waals surface area contributed by atoms with Crippen LogP contribution in [0, 0.1) is 20.8 Å². The Balaban J connectivity index is 2.15. The number of ether oxygens (including phenoxy) is 1. The number of nitrogens with zero attached hydrogens (tertiary/aromatic N) is 1. The molecule has 1 unspecified atom stereocenters. The van der Waals surface area contributed by atoms with Gasteiger partial charge in [0.2, 0.25) is 5.78 Å². The van der Waals surface area contributed by atoms with Gasteiger partial charge >= 0.3 is 5.97 Å². The number of quaternary nitrogens is 1. The second-order valence-corrected chi connectivity index (χ2v) is 9.04. The van der Waals surface area contributed by atoms with Crippen LogP contribution in [0.4, 0.5) is 0 Å². The van der Waals surface area contributed by atoms with Crippen molar-refractivity contribution in [3.8, 4) is 0 Å². The number of H-pyrrole nitrogens is 1. The van der Waals surface area contributed by atoms with Crippen molar-refractivity contribution in [3.05, 3.63) is 63.5 Å². The summed E-state index contributed by atoms with van der Waals surface area (Å²) in [5, 5.41) is 13.8. The van der Waals surface area contributed by atoms with Crippen LogP contribution >= 0.6 is 0 Å². The highest BCUT2D eigenvalue weighted by Crippen LogP contribution is 2.40. The Morgan fingerprint density at radius 3 is 2.38 bits per heavy atom. The van der Waals surface area contributed by atoms with Crippen molar-refractivity contribution in [1.82, 2.24) is 9.88 Å².